The maximum Gasteiger partial charge on any atom is 0.311 e. The Kier molecular flexibility index (Phi) is 13.6. The lowest BCUT2D eigenvalue weighted by molar-refractivity contribution is -0.317. The SMILES string of the molecule is CCN(C)[C@H]1C[C@@H](C)O[C@@H](O[C@@H]2[C@@H](C)[C@H](O[C@H]3C[C@@](C)(OC)[C@@H](O)[C@H](C)O3)[C@@H](C)C(=O)O[C@H](C(C)O)[C@@](C)(O)[C@H](O)[C@H](C)C3=C(C)C[C@@]2(C)O3)[C@@H]1O. The molecule has 2 bridgehead atoms. The molecule has 1 unspecified atom stereocenters. The van der Waals surface area contributed by atoms with Gasteiger partial charge in [-0.25, -0.2) is 0 Å². The summed E-state index contributed by atoms with van der Waals surface area (Å²) in [5, 5.41) is 56.9. The predicted octanol–water partition coefficient (Wildman–Crippen LogP) is 2.25. The smallest absolute Gasteiger partial charge is 0.311 e. The van der Waals surface area contributed by atoms with Crippen molar-refractivity contribution in [3.05, 3.63) is 11.3 Å². The zero-order valence-corrected chi connectivity index (χ0v) is 33.4. The van der Waals surface area contributed by atoms with E-state index in [4.69, 9.17) is 33.2 Å². The van der Waals surface area contributed by atoms with Crippen molar-refractivity contribution in [2.45, 2.75) is 186 Å². The van der Waals surface area contributed by atoms with E-state index in [0.717, 1.165) is 5.57 Å². The fourth-order valence-corrected chi connectivity index (χ4v) is 8.94. The van der Waals surface area contributed by atoms with Crippen LogP contribution in [0, 0.1) is 17.8 Å². The van der Waals surface area contributed by atoms with Crippen molar-refractivity contribution in [3.63, 3.8) is 0 Å². The summed E-state index contributed by atoms with van der Waals surface area (Å²) in [6.45, 7) is 19.8. The molecule has 0 radical (unpaired) electrons. The van der Waals surface area contributed by atoms with Gasteiger partial charge in [-0.3, -0.25) is 4.79 Å². The number of methoxy groups -OCH3 is 1. The summed E-state index contributed by atoms with van der Waals surface area (Å²) >= 11 is 0. The van der Waals surface area contributed by atoms with E-state index < -0.39 is 102 Å². The highest BCUT2D eigenvalue weighted by Crippen LogP contribution is 2.47. The number of carbonyl (C=O) groups is 1. The molecule has 0 spiro atoms. The molecule has 0 aromatic rings. The minimum Gasteiger partial charge on any atom is -0.489 e. The summed E-state index contributed by atoms with van der Waals surface area (Å²) in [7, 11) is 3.45. The molecule has 4 aliphatic rings. The summed E-state index contributed by atoms with van der Waals surface area (Å²) in [6, 6.07) is -0.248. The number of ether oxygens (including phenoxy) is 7. The number of carbonyl (C=O) groups excluding carboxylic acids is 1. The van der Waals surface area contributed by atoms with Gasteiger partial charge < -0.3 is 63.6 Å². The molecule has 0 saturated carbocycles. The van der Waals surface area contributed by atoms with Crippen LogP contribution in [0.3, 0.4) is 0 Å². The first kappa shape index (κ1) is 43.3. The zero-order chi connectivity index (χ0) is 39.2. The van der Waals surface area contributed by atoms with E-state index in [1.165, 1.54) is 21.0 Å². The molecule has 14 nitrogen and oxygen atoms in total. The van der Waals surface area contributed by atoms with Gasteiger partial charge in [0.1, 0.15) is 35.3 Å². The third-order valence-electron chi connectivity index (χ3n) is 12.3. The van der Waals surface area contributed by atoms with E-state index in [-0.39, 0.29) is 18.6 Å². The number of nitrogens with zero attached hydrogens (tertiary/aromatic N) is 1. The topological polar surface area (TPSA) is 186 Å². The van der Waals surface area contributed by atoms with Crippen LogP contribution in [-0.4, -0.2) is 147 Å². The fraction of sp³-hybridized carbons (Fsp3) is 0.921. The van der Waals surface area contributed by atoms with Crippen LogP contribution in [0.4, 0.5) is 0 Å². The van der Waals surface area contributed by atoms with Crippen LogP contribution in [0.15, 0.2) is 11.3 Å². The van der Waals surface area contributed by atoms with E-state index in [9.17, 15) is 30.3 Å². The molecule has 0 amide bonds. The maximum absolute atomic E-state index is 14.2. The van der Waals surface area contributed by atoms with Gasteiger partial charge in [0.05, 0.1) is 42.0 Å². The average Bonchev–Trinajstić information content (AvgIpc) is 3.40. The summed E-state index contributed by atoms with van der Waals surface area (Å²) < 4.78 is 44.5. The van der Waals surface area contributed by atoms with Crippen molar-refractivity contribution in [1.29, 1.82) is 0 Å². The second kappa shape index (κ2) is 16.4. The molecule has 14 heteroatoms. The van der Waals surface area contributed by atoms with Gasteiger partial charge in [0, 0.05) is 37.8 Å². The normalized spacial score (nSPS) is 48.7. The zero-order valence-electron chi connectivity index (χ0n) is 33.4. The number of esters is 1. The van der Waals surface area contributed by atoms with Crippen molar-refractivity contribution in [3.8, 4) is 0 Å². The molecular formula is C38H67NO13. The lowest BCUT2D eigenvalue weighted by atomic mass is 9.78. The Bertz CT molecular complexity index is 1260. The van der Waals surface area contributed by atoms with Gasteiger partial charge in [-0.15, -0.1) is 0 Å². The molecule has 3 saturated heterocycles. The van der Waals surface area contributed by atoms with E-state index in [1.54, 1.807) is 27.7 Å². The largest absolute Gasteiger partial charge is 0.489 e. The molecule has 4 aliphatic heterocycles. The van der Waals surface area contributed by atoms with E-state index in [0.29, 0.717) is 25.1 Å². The van der Waals surface area contributed by atoms with Gasteiger partial charge in [-0.2, -0.15) is 0 Å². The Hall–Kier alpha value is -1.43. The Morgan fingerprint density at radius 1 is 1.00 bits per heavy atom. The number of aliphatic hydroxyl groups is 5. The van der Waals surface area contributed by atoms with Crippen molar-refractivity contribution in [1.82, 2.24) is 4.90 Å². The monoisotopic (exact) mass is 745 g/mol. The van der Waals surface area contributed by atoms with Crippen LogP contribution in [0.25, 0.3) is 0 Å². The first-order chi connectivity index (χ1) is 24.0. The van der Waals surface area contributed by atoms with Crippen molar-refractivity contribution in [2.75, 3.05) is 20.7 Å². The molecule has 0 aliphatic carbocycles. The van der Waals surface area contributed by atoms with Crippen LogP contribution in [0.1, 0.15) is 95.4 Å². The van der Waals surface area contributed by atoms with Gasteiger partial charge in [0.15, 0.2) is 18.7 Å². The van der Waals surface area contributed by atoms with Gasteiger partial charge in [-0.05, 0) is 81.0 Å². The standard InChI is InChI=1S/C38H67NO13/c1-14-39(12)25-15-19(3)47-35(27(25)41)51-32-21(5)29(49-26-17-36(9,46-13)31(43)24(8)48-26)22(6)34(44)50-33(23(7)40)38(11,45)30(42)20(4)28-18(2)16-37(32,10)52-28/h19-27,29-33,35,40-43,45H,14-17H2,1-13H3/t19-,20-,21+,22-,23?,24+,25+,26+,27-,29+,30-,31+,32-,33-,35+,36-,37-,38+/m1/s1. The predicted molar refractivity (Wildman–Crippen MR) is 190 cm³/mol. The summed E-state index contributed by atoms with van der Waals surface area (Å²) in [6.07, 6.45) is -10.1. The Morgan fingerprint density at radius 3 is 2.21 bits per heavy atom. The van der Waals surface area contributed by atoms with Gasteiger partial charge in [-0.1, -0.05) is 20.8 Å². The highest BCUT2D eigenvalue weighted by atomic mass is 16.7. The van der Waals surface area contributed by atoms with Crippen molar-refractivity contribution >= 4 is 5.97 Å². The second-order valence-corrected chi connectivity index (χ2v) is 16.7. The number of hydrogen-bond donors (Lipinski definition) is 5. The maximum atomic E-state index is 14.2. The van der Waals surface area contributed by atoms with Crippen molar-refractivity contribution < 1.29 is 63.5 Å². The third kappa shape index (κ3) is 8.37. The second-order valence-electron chi connectivity index (χ2n) is 16.7. The van der Waals surface area contributed by atoms with Crippen molar-refractivity contribution in [2.24, 2.45) is 17.8 Å². The van der Waals surface area contributed by atoms with E-state index in [1.807, 2.05) is 41.7 Å². The molecular weight excluding hydrogens is 678 g/mol. The first-order valence-electron chi connectivity index (χ1n) is 18.9. The molecule has 3 fully saturated rings. The Labute approximate surface area is 309 Å². The third-order valence-corrected chi connectivity index (χ3v) is 12.3. The number of rotatable bonds is 8. The van der Waals surface area contributed by atoms with Gasteiger partial charge in [0.25, 0.3) is 0 Å². The van der Waals surface area contributed by atoms with Gasteiger partial charge in [0.2, 0.25) is 0 Å². The quantitative estimate of drug-likeness (QED) is 0.228. The lowest BCUT2D eigenvalue weighted by Crippen LogP contribution is -2.60. The molecule has 18 atom stereocenters. The fourth-order valence-electron chi connectivity index (χ4n) is 8.94. The molecule has 4 heterocycles. The molecule has 0 aromatic heterocycles. The molecule has 4 rings (SSSR count). The van der Waals surface area contributed by atoms with Crippen LogP contribution in [-0.2, 0) is 38.0 Å². The van der Waals surface area contributed by atoms with Crippen LogP contribution < -0.4 is 0 Å². The molecule has 52 heavy (non-hydrogen) atoms. The number of hydrogen-bond acceptors (Lipinski definition) is 14. The Balaban J connectivity index is 1.86. The highest BCUT2D eigenvalue weighted by molar-refractivity contribution is 5.73. The first-order valence-corrected chi connectivity index (χ1v) is 18.9. The number of fused-ring (bicyclic) bond motifs is 2. The van der Waals surface area contributed by atoms with Crippen LogP contribution >= 0.6 is 0 Å². The number of aliphatic hydroxyl groups excluding tert-OH is 4. The average molecular weight is 746 g/mol. The summed E-state index contributed by atoms with van der Waals surface area (Å²) in [4.78, 5) is 16.2. The molecule has 5 N–H and O–H groups in total. The highest BCUT2D eigenvalue weighted by Gasteiger charge is 2.56. The molecule has 0 aromatic carbocycles. The minimum atomic E-state index is -2.10. The molecule has 302 valence electrons. The lowest BCUT2D eigenvalue weighted by Gasteiger charge is -2.48. The number of cyclic esters (lactones) is 1. The van der Waals surface area contributed by atoms with E-state index in [2.05, 4.69) is 4.90 Å². The van der Waals surface area contributed by atoms with E-state index >= 15 is 0 Å². The summed E-state index contributed by atoms with van der Waals surface area (Å²) in [5.41, 5.74) is -3.44. The van der Waals surface area contributed by atoms with Crippen LogP contribution in [0.2, 0.25) is 0 Å². The summed E-state index contributed by atoms with van der Waals surface area (Å²) in [5.74, 6) is -2.87. The Morgan fingerprint density at radius 2 is 1.63 bits per heavy atom. The van der Waals surface area contributed by atoms with Gasteiger partial charge >= 0.3 is 5.97 Å². The minimum absolute atomic E-state index is 0.131. The number of likely N-dealkylation sites (N-methyl/N-ethyl adjacent to an activating group) is 1. The van der Waals surface area contributed by atoms with Crippen LogP contribution in [0.5, 0.6) is 0 Å².